The second-order valence-electron chi connectivity index (χ2n) is 7.49. The van der Waals surface area contributed by atoms with Crippen molar-refractivity contribution in [3.8, 4) is 0 Å². The molecule has 0 aromatic heterocycles. The van der Waals surface area contributed by atoms with Crippen molar-refractivity contribution in [2.24, 2.45) is 5.41 Å². The van der Waals surface area contributed by atoms with Gasteiger partial charge < -0.3 is 15.1 Å². The minimum absolute atomic E-state index is 0.526. The number of rotatable bonds is 10. The van der Waals surface area contributed by atoms with Crippen LogP contribution >= 0.6 is 0 Å². The molecule has 3 nitrogen and oxygen atoms in total. The van der Waals surface area contributed by atoms with Crippen LogP contribution in [0.4, 0.5) is 0 Å². The Hall–Kier alpha value is -0.120. The van der Waals surface area contributed by atoms with E-state index >= 15 is 0 Å². The second-order valence-corrected chi connectivity index (χ2v) is 7.49. The average Bonchev–Trinajstić information content (AvgIpc) is 2.64. The largest absolute Gasteiger partial charge is 0.316 e. The van der Waals surface area contributed by atoms with Crippen LogP contribution < -0.4 is 5.32 Å². The molecule has 0 unspecified atom stereocenters. The molecule has 0 radical (unpaired) electrons. The average molecular weight is 298 g/mol. The first-order valence-electron chi connectivity index (χ1n) is 9.12. The third-order valence-corrected chi connectivity index (χ3v) is 4.84. The van der Waals surface area contributed by atoms with E-state index in [0.29, 0.717) is 5.41 Å². The van der Waals surface area contributed by atoms with Gasteiger partial charge >= 0.3 is 0 Å². The first-order valence-corrected chi connectivity index (χ1v) is 9.12. The highest BCUT2D eigenvalue weighted by Gasteiger charge is 2.31. The highest BCUT2D eigenvalue weighted by molar-refractivity contribution is 4.86. The summed E-state index contributed by atoms with van der Waals surface area (Å²) < 4.78 is 0. The van der Waals surface area contributed by atoms with E-state index in [0.717, 1.165) is 0 Å². The highest BCUT2D eigenvalue weighted by atomic mass is 15.1. The molecule has 0 bridgehead atoms. The summed E-state index contributed by atoms with van der Waals surface area (Å²) in [5.41, 5.74) is 0.526. The summed E-state index contributed by atoms with van der Waals surface area (Å²) in [4.78, 5) is 4.88. The first kappa shape index (κ1) is 18.9. The highest BCUT2D eigenvalue weighted by Crippen LogP contribution is 2.35. The lowest BCUT2D eigenvalue weighted by molar-refractivity contribution is 0.143. The van der Waals surface area contributed by atoms with Crippen molar-refractivity contribution in [3.63, 3.8) is 0 Å². The zero-order valence-electron chi connectivity index (χ0n) is 15.1. The predicted octanol–water partition coefficient (Wildman–Crippen LogP) is 3.21. The Balaban J connectivity index is 2.46. The Morgan fingerprint density at radius 1 is 0.952 bits per heavy atom. The van der Waals surface area contributed by atoms with Gasteiger partial charge in [0.25, 0.3) is 0 Å². The van der Waals surface area contributed by atoms with E-state index in [9.17, 15) is 0 Å². The monoisotopic (exact) mass is 297 g/mol. The molecule has 0 aromatic carbocycles. The molecule has 126 valence electrons. The van der Waals surface area contributed by atoms with Gasteiger partial charge in [-0.2, -0.15) is 0 Å². The summed E-state index contributed by atoms with van der Waals surface area (Å²) in [6.07, 6.45) is 11.1. The lowest BCUT2D eigenvalue weighted by Crippen LogP contribution is -2.43. The van der Waals surface area contributed by atoms with E-state index in [1.165, 1.54) is 84.1 Å². The zero-order chi connectivity index (χ0) is 15.6. The molecule has 0 amide bonds. The van der Waals surface area contributed by atoms with E-state index in [1.807, 2.05) is 0 Å². The van der Waals surface area contributed by atoms with Crippen molar-refractivity contribution < 1.29 is 0 Å². The quantitative estimate of drug-likeness (QED) is 0.493. The fourth-order valence-corrected chi connectivity index (χ4v) is 3.71. The van der Waals surface area contributed by atoms with E-state index in [4.69, 9.17) is 0 Å². The van der Waals surface area contributed by atoms with Crippen LogP contribution in [0.25, 0.3) is 0 Å². The van der Waals surface area contributed by atoms with Crippen LogP contribution in [0.15, 0.2) is 0 Å². The van der Waals surface area contributed by atoms with Crippen molar-refractivity contribution in [1.82, 2.24) is 15.1 Å². The van der Waals surface area contributed by atoms with Crippen molar-refractivity contribution in [2.45, 2.75) is 58.3 Å². The summed E-state index contributed by atoms with van der Waals surface area (Å²) in [7, 11) is 6.66. The number of hydrogen-bond acceptors (Lipinski definition) is 3. The third kappa shape index (κ3) is 8.18. The third-order valence-electron chi connectivity index (χ3n) is 4.84. The Kier molecular flexibility index (Phi) is 9.54. The van der Waals surface area contributed by atoms with Crippen LogP contribution in [-0.2, 0) is 0 Å². The first-order chi connectivity index (χ1) is 10.1. The maximum atomic E-state index is 3.72. The van der Waals surface area contributed by atoms with E-state index in [1.54, 1.807) is 0 Å². The Morgan fingerprint density at radius 3 is 2.19 bits per heavy atom. The molecule has 1 N–H and O–H groups in total. The number of hydrogen-bond donors (Lipinski definition) is 1. The Labute approximate surface area is 133 Å². The van der Waals surface area contributed by atoms with Gasteiger partial charge in [0.1, 0.15) is 0 Å². The van der Waals surface area contributed by atoms with Gasteiger partial charge in [-0.3, -0.25) is 0 Å². The normalized spacial score (nSPS) is 19.1. The fourth-order valence-electron chi connectivity index (χ4n) is 3.71. The Morgan fingerprint density at radius 2 is 1.62 bits per heavy atom. The predicted molar refractivity (Wildman–Crippen MR) is 94.0 cm³/mol. The molecule has 3 heteroatoms. The molecule has 0 aromatic rings. The standard InChI is InChI=1S/C18H39N3/c1-5-13-19-16-18(11-8-6-7-9-12-18)17-21(4)15-10-14-20(2)3/h19H,5-17H2,1-4H3. The molecule has 0 spiro atoms. The van der Waals surface area contributed by atoms with Gasteiger partial charge in [-0.15, -0.1) is 0 Å². The van der Waals surface area contributed by atoms with Crippen molar-refractivity contribution in [3.05, 3.63) is 0 Å². The number of nitrogens with zero attached hydrogens (tertiary/aromatic N) is 2. The van der Waals surface area contributed by atoms with Crippen molar-refractivity contribution >= 4 is 0 Å². The van der Waals surface area contributed by atoms with Gasteiger partial charge in [0.15, 0.2) is 0 Å². The summed E-state index contributed by atoms with van der Waals surface area (Å²) >= 11 is 0. The Bertz CT molecular complexity index is 245. The molecule has 1 aliphatic carbocycles. The molecule has 1 fully saturated rings. The minimum atomic E-state index is 0.526. The van der Waals surface area contributed by atoms with E-state index < -0.39 is 0 Å². The van der Waals surface area contributed by atoms with E-state index in [2.05, 4.69) is 43.2 Å². The number of nitrogens with one attached hydrogen (secondary N) is 1. The molecule has 0 saturated heterocycles. The summed E-state index contributed by atoms with van der Waals surface area (Å²) in [5.74, 6) is 0. The minimum Gasteiger partial charge on any atom is -0.316 e. The van der Waals surface area contributed by atoms with Crippen LogP contribution in [0.1, 0.15) is 58.3 Å². The zero-order valence-corrected chi connectivity index (χ0v) is 15.1. The SMILES string of the molecule is CCCNCC1(CN(C)CCCN(C)C)CCCCCC1. The topological polar surface area (TPSA) is 18.5 Å². The van der Waals surface area contributed by atoms with Gasteiger partial charge in [0, 0.05) is 13.1 Å². The summed E-state index contributed by atoms with van der Waals surface area (Å²) in [6, 6.07) is 0. The van der Waals surface area contributed by atoms with Crippen LogP contribution in [-0.4, -0.2) is 63.7 Å². The molecule has 0 aliphatic heterocycles. The van der Waals surface area contributed by atoms with Gasteiger partial charge in [-0.1, -0.05) is 32.6 Å². The summed E-state index contributed by atoms with van der Waals surface area (Å²) in [6.45, 7) is 8.36. The molecular weight excluding hydrogens is 258 g/mol. The van der Waals surface area contributed by atoms with Crippen LogP contribution in [0.3, 0.4) is 0 Å². The van der Waals surface area contributed by atoms with Gasteiger partial charge in [0.05, 0.1) is 0 Å². The van der Waals surface area contributed by atoms with Gasteiger partial charge in [-0.05, 0) is 71.9 Å². The van der Waals surface area contributed by atoms with Crippen molar-refractivity contribution in [1.29, 1.82) is 0 Å². The second kappa shape index (κ2) is 10.6. The molecule has 0 heterocycles. The van der Waals surface area contributed by atoms with Gasteiger partial charge in [-0.25, -0.2) is 0 Å². The molecule has 1 saturated carbocycles. The van der Waals surface area contributed by atoms with Crippen LogP contribution in [0.2, 0.25) is 0 Å². The molecule has 1 aliphatic rings. The smallest absolute Gasteiger partial charge is 0.00471 e. The van der Waals surface area contributed by atoms with E-state index in [-0.39, 0.29) is 0 Å². The van der Waals surface area contributed by atoms with Crippen molar-refractivity contribution in [2.75, 3.05) is 53.9 Å². The molecule has 0 atom stereocenters. The summed E-state index contributed by atoms with van der Waals surface area (Å²) in [5, 5.41) is 3.72. The lowest BCUT2D eigenvalue weighted by Gasteiger charge is -2.37. The lowest BCUT2D eigenvalue weighted by atomic mass is 9.79. The molecular formula is C18H39N3. The van der Waals surface area contributed by atoms with Crippen LogP contribution in [0, 0.1) is 5.41 Å². The molecule has 1 rings (SSSR count). The van der Waals surface area contributed by atoms with Crippen LogP contribution in [0.5, 0.6) is 0 Å². The molecule has 21 heavy (non-hydrogen) atoms. The maximum Gasteiger partial charge on any atom is 0.00471 e. The van der Waals surface area contributed by atoms with Gasteiger partial charge in [0.2, 0.25) is 0 Å². The maximum absolute atomic E-state index is 3.72. The fraction of sp³-hybridized carbons (Fsp3) is 1.00.